The smallest absolute Gasteiger partial charge is 0.256 e. The molecule has 3 rings (SSSR count). The van der Waals surface area contributed by atoms with E-state index in [-0.39, 0.29) is 28.6 Å². The van der Waals surface area contributed by atoms with Crippen LogP contribution in [0.4, 0.5) is 10.1 Å². The molecule has 7 heteroatoms. The van der Waals surface area contributed by atoms with Gasteiger partial charge in [-0.25, -0.2) is 12.8 Å². The van der Waals surface area contributed by atoms with Crippen LogP contribution in [0.5, 0.6) is 5.75 Å². The van der Waals surface area contributed by atoms with Gasteiger partial charge in [-0.1, -0.05) is 37.3 Å². The zero-order chi connectivity index (χ0) is 20.9. The van der Waals surface area contributed by atoms with Crippen molar-refractivity contribution in [1.29, 1.82) is 0 Å². The second kappa shape index (κ2) is 8.87. The molecule has 150 valence electrons. The van der Waals surface area contributed by atoms with Crippen LogP contribution in [0.1, 0.15) is 22.8 Å². The van der Waals surface area contributed by atoms with Crippen molar-refractivity contribution in [3.8, 4) is 5.75 Å². The van der Waals surface area contributed by atoms with Gasteiger partial charge in [0.1, 0.15) is 18.2 Å². The minimum Gasteiger partial charge on any atom is -0.489 e. The fourth-order valence-electron chi connectivity index (χ4n) is 2.74. The highest BCUT2D eigenvalue weighted by atomic mass is 32.2. The van der Waals surface area contributed by atoms with Gasteiger partial charge in [-0.05, 0) is 42.0 Å². The maximum atomic E-state index is 13.2. The van der Waals surface area contributed by atoms with Crippen LogP contribution in [-0.4, -0.2) is 20.1 Å². The number of rotatable bonds is 7. The molecule has 0 aliphatic heterocycles. The van der Waals surface area contributed by atoms with E-state index in [2.05, 4.69) is 5.32 Å². The molecule has 1 amide bonds. The Morgan fingerprint density at radius 1 is 1.00 bits per heavy atom. The molecule has 3 aromatic rings. The van der Waals surface area contributed by atoms with Gasteiger partial charge >= 0.3 is 0 Å². The van der Waals surface area contributed by atoms with Crippen molar-refractivity contribution in [2.75, 3.05) is 11.1 Å². The van der Waals surface area contributed by atoms with Gasteiger partial charge in [0.05, 0.1) is 16.2 Å². The molecule has 0 heterocycles. The van der Waals surface area contributed by atoms with E-state index in [4.69, 9.17) is 4.74 Å². The molecular formula is C22H20FNO4S. The van der Waals surface area contributed by atoms with Crippen LogP contribution in [0.3, 0.4) is 0 Å². The summed E-state index contributed by atoms with van der Waals surface area (Å²) in [5.74, 6) is -0.590. The Hall–Kier alpha value is -3.19. The minimum absolute atomic E-state index is 0.00518. The van der Waals surface area contributed by atoms with Crippen LogP contribution < -0.4 is 10.1 Å². The molecule has 0 aliphatic carbocycles. The van der Waals surface area contributed by atoms with Crippen molar-refractivity contribution in [3.05, 3.63) is 89.7 Å². The SMILES string of the molecule is CCS(=O)(=O)c1ccccc1C(=O)Nc1cccc(COc2cccc(F)c2)c1. The normalized spacial score (nSPS) is 11.1. The lowest BCUT2D eigenvalue weighted by molar-refractivity contribution is 0.102. The topological polar surface area (TPSA) is 72.5 Å². The lowest BCUT2D eigenvalue weighted by Crippen LogP contribution is -2.17. The highest BCUT2D eigenvalue weighted by Gasteiger charge is 2.20. The Bertz CT molecular complexity index is 1130. The van der Waals surface area contributed by atoms with Gasteiger partial charge < -0.3 is 10.1 Å². The number of anilines is 1. The van der Waals surface area contributed by atoms with Gasteiger partial charge in [0.2, 0.25) is 0 Å². The Morgan fingerprint density at radius 2 is 1.76 bits per heavy atom. The van der Waals surface area contributed by atoms with Crippen LogP contribution in [0.2, 0.25) is 0 Å². The molecule has 0 spiro atoms. The van der Waals surface area contributed by atoms with E-state index >= 15 is 0 Å². The van der Waals surface area contributed by atoms with E-state index in [0.717, 1.165) is 5.56 Å². The molecule has 0 saturated carbocycles. The Morgan fingerprint density at radius 3 is 2.52 bits per heavy atom. The van der Waals surface area contributed by atoms with E-state index in [1.807, 2.05) is 6.07 Å². The maximum absolute atomic E-state index is 13.2. The molecule has 29 heavy (non-hydrogen) atoms. The van der Waals surface area contributed by atoms with Crippen molar-refractivity contribution < 1.29 is 22.3 Å². The third-order valence-corrected chi connectivity index (χ3v) is 6.02. The average molecular weight is 413 g/mol. The molecule has 0 unspecified atom stereocenters. The zero-order valence-electron chi connectivity index (χ0n) is 15.8. The fraction of sp³-hybridized carbons (Fsp3) is 0.136. The molecule has 3 aromatic carbocycles. The highest BCUT2D eigenvalue weighted by Crippen LogP contribution is 2.20. The predicted molar refractivity (Wildman–Crippen MR) is 109 cm³/mol. The Kier molecular flexibility index (Phi) is 6.29. The number of benzene rings is 3. The summed E-state index contributed by atoms with van der Waals surface area (Å²) >= 11 is 0. The van der Waals surface area contributed by atoms with Crippen molar-refractivity contribution in [3.63, 3.8) is 0 Å². The fourth-order valence-corrected chi connectivity index (χ4v) is 3.83. The Labute approximate surface area is 169 Å². The highest BCUT2D eigenvalue weighted by molar-refractivity contribution is 7.91. The standard InChI is InChI=1S/C22H20FNO4S/c1-2-29(26,27)21-12-4-3-11-20(21)22(25)24-18-9-5-7-16(13-18)15-28-19-10-6-8-17(23)14-19/h3-14H,2,15H2,1H3,(H,24,25). The van der Waals surface area contributed by atoms with Crippen molar-refractivity contribution >= 4 is 21.4 Å². The number of hydrogen-bond acceptors (Lipinski definition) is 4. The summed E-state index contributed by atoms with van der Waals surface area (Å²) < 4.78 is 43.3. The molecule has 0 atom stereocenters. The van der Waals surface area contributed by atoms with E-state index in [9.17, 15) is 17.6 Å². The van der Waals surface area contributed by atoms with Crippen LogP contribution in [-0.2, 0) is 16.4 Å². The first-order valence-electron chi connectivity index (χ1n) is 8.99. The summed E-state index contributed by atoms with van der Waals surface area (Å²) in [5, 5.41) is 2.72. The molecule has 1 N–H and O–H groups in total. The van der Waals surface area contributed by atoms with Gasteiger partial charge in [-0.15, -0.1) is 0 Å². The summed E-state index contributed by atoms with van der Waals surface area (Å²) in [5.41, 5.74) is 1.36. The van der Waals surface area contributed by atoms with Crippen molar-refractivity contribution in [1.82, 2.24) is 0 Å². The van der Waals surface area contributed by atoms with Crippen LogP contribution in [0.25, 0.3) is 0 Å². The van der Waals surface area contributed by atoms with Gasteiger partial charge in [0.15, 0.2) is 9.84 Å². The second-order valence-electron chi connectivity index (χ2n) is 6.30. The summed E-state index contributed by atoms with van der Waals surface area (Å²) in [6.45, 7) is 1.72. The van der Waals surface area contributed by atoms with Crippen molar-refractivity contribution in [2.24, 2.45) is 0 Å². The van der Waals surface area contributed by atoms with Gasteiger partial charge in [-0.3, -0.25) is 4.79 Å². The first-order valence-corrected chi connectivity index (χ1v) is 10.6. The van der Waals surface area contributed by atoms with Gasteiger partial charge in [0, 0.05) is 11.8 Å². The number of ether oxygens (including phenoxy) is 1. The summed E-state index contributed by atoms with van der Waals surface area (Å²) in [6.07, 6.45) is 0. The molecular weight excluding hydrogens is 393 g/mol. The first-order chi connectivity index (χ1) is 13.9. The summed E-state index contributed by atoms with van der Waals surface area (Å²) in [4.78, 5) is 12.7. The van der Waals surface area contributed by atoms with Crippen LogP contribution in [0.15, 0.2) is 77.7 Å². The first kappa shape index (κ1) is 20.5. The number of nitrogens with one attached hydrogen (secondary N) is 1. The average Bonchev–Trinajstić information content (AvgIpc) is 2.72. The molecule has 0 saturated heterocycles. The third-order valence-electron chi connectivity index (χ3n) is 4.23. The molecule has 0 bridgehead atoms. The largest absolute Gasteiger partial charge is 0.489 e. The van der Waals surface area contributed by atoms with Crippen LogP contribution >= 0.6 is 0 Å². The number of carbonyl (C=O) groups excluding carboxylic acids is 1. The van der Waals surface area contributed by atoms with E-state index < -0.39 is 15.7 Å². The lowest BCUT2D eigenvalue weighted by atomic mass is 10.2. The zero-order valence-corrected chi connectivity index (χ0v) is 16.6. The predicted octanol–water partition coefficient (Wildman–Crippen LogP) is 4.45. The monoisotopic (exact) mass is 413 g/mol. The van der Waals surface area contributed by atoms with E-state index in [0.29, 0.717) is 11.4 Å². The number of halogens is 1. The molecule has 5 nitrogen and oxygen atoms in total. The van der Waals surface area contributed by atoms with Crippen LogP contribution in [0, 0.1) is 5.82 Å². The van der Waals surface area contributed by atoms with E-state index in [1.165, 1.54) is 31.2 Å². The number of carbonyl (C=O) groups is 1. The van der Waals surface area contributed by atoms with Gasteiger partial charge in [-0.2, -0.15) is 0 Å². The number of amides is 1. The molecule has 0 aromatic heterocycles. The quantitative estimate of drug-likeness (QED) is 0.621. The lowest BCUT2D eigenvalue weighted by Gasteiger charge is -2.11. The summed E-state index contributed by atoms with van der Waals surface area (Å²) in [7, 11) is -3.53. The summed E-state index contributed by atoms with van der Waals surface area (Å²) in [6, 6.07) is 18.9. The maximum Gasteiger partial charge on any atom is 0.256 e. The number of sulfone groups is 1. The molecule has 0 aliphatic rings. The second-order valence-corrected chi connectivity index (χ2v) is 8.55. The van der Waals surface area contributed by atoms with Gasteiger partial charge in [0.25, 0.3) is 5.91 Å². The number of hydrogen-bond donors (Lipinski definition) is 1. The third kappa shape index (κ3) is 5.20. The Balaban J connectivity index is 1.75. The molecule has 0 radical (unpaired) electrons. The molecule has 0 fully saturated rings. The van der Waals surface area contributed by atoms with Crippen molar-refractivity contribution in [2.45, 2.75) is 18.4 Å². The minimum atomic E-state index is -3.53. The van der Waals surface area contributed by atoms with E-state index in [1.54, 1.807) is 42.5 Å².